The van der Waals surface area contributed by atoms with E-state index in [1.165, 1.54) is 9.79 Å². The maximum absolute atomic E-state index is 5.90. The third-order valence-electron chi connectivity index (χ3n) is 1.77. The second-order valence-corrected chi connectivity index (χ2v) is 4.46. The molecule has 0 heterocycles. The SMILES string of the molecule is Clc1cccc(Sc2ccccc2)c1. The summed E-state index contributed by atoms with van der Waals surface area (Å²) in [6.45, 7) is 0. The Balaban J connectivity index is 2.19. The van der Waals surface area contributed by atoms with Gasteiger partial charge in [0, 0.05) is 14.8 Å². The van der Waals surface area contributed by atoms with Crippen LogP contribution in [0.25, 0.3) is 0 Å². The van der Waals surface area contributed by atoms with E-state index >= 15 is 0 Å². The topological polar surface area (TPSA) is 0 Å². The zero-order valence-corrected chi connectivity index (χ0v) is 9.05. The first-order valence-corrected chi connectivity index (χ1v) is 5.52. The van der Waals surface area contributed by atoms with Gasteiger partial charge in [-0.3, -0.25) is 0 Å². The van der Waals surface area contributed by atoms with Gasteiger partial charge in [-0.05, 0) is 30.3 Å². The van der Waals surface area contributed by atoms with E-state index in [1.54, 1.807) is 11.8 Å². The van der Waals surface area contributed by atoms with Crippen LogP contribution in [0.15, 0.2) is 64.4 Å². The Morgan fingerprint density at radius 3 is 2.21 bits per heavy atom. The molecule has 0 aromatic heterocycles. The van der Waals surface area contributed by atoms with Crippen molar-refractivity contribution in [3.05, 3.63) is 59.6 Å². The van der Waals surface area contributed by atoms with Crippen LogP contribution in [0.4, 0.5) is 0 Å². The van der Waals surface area contributed by atoms with E-state index in [0.717, 1.165) is 5.02 Å². The van der Waals surface area contributed by atoms with Crippen molar-refractivity contribution in [3.8, 4) is 0 Å². The third-order valence-corrected chi connectivity index (χ3v) is 3.01. The average molecular weight is 221 g/mol. The lowest BCUT2D eigenvalue weighted by molar-refractivity contribution is 1.41. The summed E-state index contributed by atoms with van der Waals surface area (Å²) < 4.78 is 0. The minimum Gasteiger partial charge on any atom is -0.0901 e. The lowest BCUT2D eigenvalue weighted by atomic mass is 10.4. The van der Waals surface area contributed by atoms with Gasteiger partial charge in [-0.15, -0.1) is 0 Å². The van der Waals surface area contributed by atoms with Gasteiger partial charge in [0.1, 0.15) is 0 Å². The standard InChI is InChI=1S/C12H9ClS/c13-10-5-4-8-12(9-10)14-11-6-2-1-3-7-11/h1-9H. The Kier molecular flexibility index (Phi) is 3.12. The fourth-order valence-electron chi connectivity index (χ4n) is 1.16. The van der Waals surface area contributed by atoms with Crippen molar-refractivity contribution < 1.29 is 0 Å². The van der Waals surface area contributed by atoms with Crippen LogP contribution in [0.3, 0.4) is 0 Å². The van der Waals surface area contributed by atoms with Crippen LogP contribution >= 0.6 is 23.4 Å². The minimum absolute atomic E-state index is 0.783. The van der Waals surface area contributed by atoms with Crippen molar-refractivity contribution in [2.24, 2.45) is 0 Å². The van der Waals surface area contributed by atoms with Crippen molar-refractivity contribution in [2.75, 3.05) is 0 Å². The molecule has 0 amide bonds. The molecular weight excluding hydrogens is 212 g/mol. The molecule has 0 saturated carbocycles. The normalized spacial score (nSPS) is 10.1. The molecule has 2 aromatic carbocycles. The molecule has 0 aliphatic heterocycles. The second kappa shape index (κ2) is 4.54. The first-order valence-electron chi connectivity index (χ1n) is 4.33. The quantitative estimate of drug-likeness (QED) is 0.719. The van der Waals surface area contributed by atoms with Gasteiger partial charge < -0.3 is 0 Å². The first kappa shape index (κ1) is 9.63. The summed E-state index contributed by atoms with van der Waals surface area (Å²) >= 11 is 7.62. The summed E-state index contributed by atoms with van der Waals surface area (Å²) in [5.74, 6) is 0. The van der Waals surface area contributed by atoms with Crippen LogP contribution < -0.4 is 0 Å². The first-order chi connectivity index (χ1) is 6.84. The highest BCUT2D eigenvalue weighted by Crippen LogP contribution is 2.28. The summed E-state index contributed by atoms with van der Waals surface area (Å²) in [6, 6.07) is 18.1. The van der Waals surface area contributed by atoms with Crippen molar-refractivity contribution >= 4 is 23.4 Å². The molecule has 0 aliphatic rings. The Labute approximate surface area is 92.9 Å². The van der Waals surface area contributed by atoms with Crippen LogP contribution in [0.1, 0.15) is 0 Å². The summed E-state index contributed by atoms with van der Waals surface area (Å²) in [7, 11) is 0. The summed E-state index contributed by atoms with van der Waals surface area (Å²) in [4.78, 5) is 2.40. The molecule has 0 radical (unpaired) electrons. The smallest absolute Gasteiger partial charge is 0.0417 e. The van der Waals surface area contributed by atoms with Crippen LogP contribution in [0.2, 0.25) is 5.02 Å². The molecular formula is C12H9ClS. The zero-order chi connectivity index (χ0) is 9.80. The molecule has 0 fully saturated rings. The molecule has 0 saturated heterocycles. The number of hydrogen-bond donors (Lipinski definition) is 0. The number of halogens is 1. The number of rotatable bonds is 2. The van der Waals surface area contributed by atoms with Crippen LogP contribution in [-0.4, -0.2) is 0 Å². The van der Waals surface area contributed by atoms with Crippen molar-refractivity contribution in [1.82, 2.24) is 0 Å². The molecule has 0 bridgehead atoms. The maximum Gasteiger partial charge on any atom is 0.0417 e. The summed E-state index contributed by atoms with van der Waals surface area (Å²) in [5, 5.41) is 0.783. The van der Waals surface area contributed by atoms with E-state index < -0.39 is 0 Å². The molecule has 2 rings (SSSR count). The van der Waals surface area contributed by atoms with Gasteiger partial charge in [-0.25, -0.2) is 0 Å². The molecule has 0 nitrogen and oxygen atoms in total. The highest BCUT2D eigenvalue weighted by molar-refractivity contribution is 7.99. The van der Waals surface area contributed by atoms with Gasteiger partial charge in [0.25, 0.3) is 0 Å². The Morgan fingerprint density at radius 1 is 0.786 bits per heavy atom. The fourth-order valence-corrected chi connectivity index (χ4v) is 2.31. The van der Waals surface area contributed by atoms with Gasteiger partial charge in [0.15, 0.2) is 0 Å². The van der Waals surface area contributed by atoms with E-state index in [0.29, 0.717) is 0 Å². The fraction of sp³-hybridized carbons (Fsp3) is 0. The van der Waals surface area contributed by atoms with Crippen LogP contribution in [0.5, 0.6) is 0 Å². The number of benzene rings is 2. The minimum atomic E-state index is 0.783. The molecule has 70 valence electrons. The van der Waals surface area contributed by atoms with Crippen LogP contribution in [-0.2, 0) is 0 Å². The lowest BCUT2D eigenvalue weighted by Gasteiger charge is -2.00. The van der Waals surface area contributed by atoms with E-state index in [2.05, 4.69) is 18.2 Å². The van der Waals surface area contributed by atoms with E-state index in [-0.39, 0.29) is 0 Å². The molecule has 14 heavy (non-hydrogen) atoms. The predicted molar refractivity (Wildman–Crippen MR) is 62.0 cm³/mol. The predicted octanol–water partition coefficient (Wildman–Crippen LogP) is 4.49. The second-order valence-electron chi connectivity index (χ2n) is 2.87. The zero-order valence-electron chi connectivity index (χ0n) is 7.48. The third kappa shape index (κ3) is 2.53. The van der Waals surface area contributed by atoms with E-state index in [9.17, 15) is 0 Å². The maximum atomic E-state index is 5.90. The highest BCUT2D eigenvalue weighted by Gasteiger charge is 1.96. The number of hydrogen-bond acceptors (Lipinski definition) is 1. The van der Waals surface area contributed by atoms with Crippen molar-refractivity contribution in [1.29, 1.82) is 0 Å². The lowest BCUT2D eigenvalue weighted by Crippen LogP contribution is -1.72. The Morgan fingerprint density at radius 2 is 1.50 bits per heavy atom. The van der Waals surface area contributed by atoms with Crippen molar-refractivity contribution in [2.45, 2.75) is 9.79 Å². The molecule has 0 atom stereocenters. The molecule has 0 aliphatic carbocycles. The molecule has 0 unspecified atom stereocenters. The highest BCUT2D eigenvalue weighted by atomic mass is 35.5. The van der Waals surface area contributed by atoms with Gasteiger partial charge in [0.2, 0.25) is 0 Å². The van der Waals surface area contributed by atoms with Gasteiger partial charge in [-0.1, -0.05) is 47.6 Å². The molecule has 2 aromatic rings. The monoisotopic (exact) mass is 220 g/mol. The van der Waals surface area contributed by atoms with Gasteiger partial charge in [-0.2, -0.15) is 0 Å². The Hall–Kier alpha value is -0.920. The molecule has 0 N–H and O–H groups in total. The van der Waals surface area contributed by atoms with Crippen molar-refractivity contribution in [3.63, 3.8) is 0 Å². The van der Waals surface area contributed by atoms with Gasteiger partial charge in [0.05, 0.1) is 0 Å². The van der Waals surface area contributed by atoms with Gasteiger partial charge >= 0.3 is 0 Å². The molecule has 2 heteroatoms. The Bertz CT molecular complexity index is 412. The van der Waals surface area contributed by atoms with Crippen LogP contribution in [0, 0.1) is 0 Å². The summed E-state index contributed by atoms with van der Waals surface area (Å²) in [5.41, 5.74) is 0. The summed E-state index contributed by atoms with van der Waals surface area (Å²) in [6.07, 6.45) is 0. The van der Waals surface area contributed by atoms with E-state index in [1.807, 2.05) is 36.4 Å². The average Bonchev–Trinajstić information content (AvgIpc) is 2.19. The molecule has 0 spiro atoms. The largest absolute Gasteiger partial charge is 0.0901 e. The van der Waals surface area contributed by atoms with E-state index in [4.69, 9.17) is 11.6 Å².